The van der Waals surface area contributed by atoms with E-state index in [9.17, 15) is 8.78 Å². The first-order chi connectivity index (χ1) is 11.0. The second-order valence-electron chi connectivity index (χ2n) is 6.83. The molecule has 1 unspecified atom stereocenters. The minimum absolute atomic E-state index is 0.212. The van der Waals surface area contributed by atoms with Gasteiger partial charge in [0.05, 0.1) is 0 Å². The second kappa shape index (κ2) is 6.79. The lowest BCUT2D eigenvalue weighted by molar-refractivity contribution is 0.289. The summed E-state index contributed by atoms with van der Waals surface area (Å²) >= 11 is 0. The SMILES string of the molecule is CC(C)CN1CCC(CNc2ccnc3c(F)cc(F)cc23)C1. The van der Waals surface area contributed by atoms with Crippen molar-refractivity contribution in [2.45, 2.75) is 20.3 Å². The number of likely N-dealkylation sites (tertiary alicyclic amines) is 1. The van der Waals surface area contributed by atoms with Crippen molar-refractivity contribution in [2.24, 2.45) is 11.8 Å². The lowest BCUT2D eigenvalue weighted by Crippen LogP contribution is -2.26. The molecular formula is C18H23F2N3. The summed E-state index contributed by atoms with van der Waals surface area (Å²) in [4.78, 5) is 6.50. The molecule has 1 aromatic heterocycles. The first-order valence-corrected chi connectivity index (χ1v) is 8.23. The largest absolute Gasteiger partial charge is 0.384 e. The molecule has 0 radical (unpaired) electrons. The first kappa shape index (κ1) is 16.1. The van der Waals surface area contributed by atoms with E-state index in [0.29, 0.717) is 17.2 Å². The lowest BCUT2D eigenvalue weighted by atomic mass is 10.1. The van der Waals surface area contributed by atoms with E-state index in [1.807, 2.05) is 0 Å². The number of aromatic nitrogens is 1. The number of fused-ring (bicyclic) bond motifs is 1. The zero-order chi connectivity index (χ0) is 16.4. The predicted octanol–water partition coefficient (Wildman–Crippen LogP) is 3.90. The fraction of sp³-hybridized carbons (Fsp3) is 0.500. The van der Waals surface area contributed by atoms with E-state index >= 15 is 0 Å². The molecule has 0 spiro atoms. The van der Waals surface area contributed by atoms with Crippen molar-refractivity contribution in [3.8, 4) is 0 Å². The number of nitrogens with one attached hydrogen (secondary N) is 1. The van der Waals surface area contributed by atoms with Gasteiger partial charge >= 0.3 is 0 Å². The highest BCUT2D eigenvalue weighted by Crippen LogP contribution is 2.26. The van der Waals surface area contributed by atoms with Crippen LogP contribution in [0.25, 0.3) is 10.9 Å². The van der Waals surface area contributed by atoms with Crippen LogP contribution in [0.2, 0.25) is 0 Å². The molecule has 2 aromatic rings. The molecule has 124 valence electrons. The summed E-state index contributed by atoms with van der Waals surface area (Å²) in [5.41, 5.74) is 0.958. The van der Waals surface area contributed by atoms with E-state index in [4.69, 9.17) is 0 Å². The average molecular weight is 319 g/mol. The highest BCUT2D eigenvalue weighted by molar-refractivity contribution is 5.91. The molecule has 1 aliphatic rings. The van der Waals surface area contributed by atoms with Gasteiger partial charge in [0.1, 0.15) is 11.3 Å². The second-order valence-corrected chi connectivity index (χ2v) is 6.83. The molecule has 3 rings (SSSR count). The van der Waals surface area contributed by atoms with Gasteiger partial charge in [-0.15, -0.1) is 0 Å². The van der Waals surface area contributed by atoms with Crippen LogP contribution in [0, 0.1) is 23.5 Å². The number of pyridine rings is 1. The van der Waals surface area contributed by atoms with Crippen molar-refractivity contribution in [3.05, 3.63) is 36.0 Å². The summed E-state index contributed by atoms with van der Waals surface area (Å²) in [6.45, 7) is 8.62. The maximum Gasteiger partial charge on any atom is 0.152 e. The van der Waals surface area contributed by atoms with Gasteiger partial charge in [-0.3, -0.25) is 4.98 Å². The van der Waals surface area contributed by atoms with Crippen LogP contribution >= 0.6 is 0 Å². The Hall–Kier alpha value is -1.75. The van der Waals surface area contributed by atoms with Crippen molar-refractivity contribution in [1.82, 2.24) is 9.88 Å². The quantitative estimate of drug-likeness (QED) is 0.906. The Morgan fingerprint density at radius 1 is 1.35 bits per heavy atom. The third-order valence-corrected chi connectivity index (χ3v) is 4.34. The summed E-state index contributed by atoms with van der Waals surface area (Å²) < 4.78 is 27.3. The van der Waals surface area contributed by atoms with Gasteiger partial charge in [0, 0.05) is 43.0 Å². The Morgan fingerprint density at radius 2 is 2.17 bits per heavy atom. The van der Waals surface area contributed by atoms with Crippen LogP contribution in [0.4, 0.5) is 14.5 Å². The molecule has 1 aromatic carbocycles. The van der Waals surface area contributed by atoms with E-state index < -0.39 is 11.6 Å². The van der Waals surface area contributed by atoms with Gasteiger partial charge in [-0.1, -0.05) is 13.8 Å². The fourth-order valence-corrected chi connectivity index (χ4v) is 3.35. The third kappa shape index (κ3) is 3.78. The van der Waals surface area contributed by atoms with E-state index in [1.165, 1.54) is 6.07 Å². The molecule has 1 aliphatic heterocycles. The molecule has 0 aliphatic carbocycles. The Balaban J connectivity index is 1.68. The van der Waals surface area contributed by atoms with Crippen molar-refractivity contribution in [2.75, 3.05) is 31.5 Å². The number of nitrogens with zero attached hydrogens (tertiary/aromatic N) is 2. The predicted molar refractivity (Wildman–Crippen MR) is 89.5 cm³/mol. The molecular weight excluding hydrogens is 296 g/mol. The smallest absolute Gasteiger partial charge is 0.152 e. The van der Waals surface area contributed by atoms with E-state index in [1.54, 1.807) is 12.3 Å². The van der Waals surface area contributed by atoms with Crippen molar-refractivity contribution < 1.29 is 8.78 Å². The van der Waals surface area contributed by atoms with Crippen molar-refractivity contribution >= 4 is 16.6 Å². The lowest BCUT2D eigenvalue weighted by Gasteiger charge is -2.18. The molecule has 1 atom stereocenters. The van der Waals surface area contributed by atoms with Crippen LogP contribution in [0.15, 0.2) is 24.4 Å². The topological polar surface area (TPSA) is 28.2 Å². The maximum absolute atomic E-state index is 13.8. The normalized spacial score (nSPS) is 18.9. The number of halogens is 2. The highest BCUT2D eigenvalue weighted by atomic mass is 19.1. The Bertz CT molecular complexity index is 687. The van der Waals surface area contributed by atoms with Gasteiger partial charge < -0.3 is 10.2 Å². The van der Waals surface area contributed by atoms with Crippen LogP contribution in [0.3, 0.4) is 0 Å². The zero-order valence-electron chi connectivity index (χ0n) is 13.6. The minimum atomic E-state index is -0.618. The molecule has 1 N–H and O–H groups in total. The van der Waals surface area contributed by atoms with Crippen LogP contribution in [0.1, 0.15) is 20.3 Å². The number of anilines is 1. The van der Waals surface area contributed by atoms with Gasteiger partial charge in [0.15, 0.2) is 5.82 Å². The standard InChI is InChI=1S/C18H23F2N3/c1-12(2)10-23-6-4-13(11-23)9-22-17-3-5-21-18-15(17)7-14(19)8-16(18)20/h3,5,7-8,12-13H,4,6,9-11H2,1-2H3,(H,21,22). The number of rotatable bonds is 5. The molecule has 1 fully saturated rings. The van der Waals surface area contributed by atoms with Crippen molar-refractivity contribution in [3.63, 3.8) is 0 Å². The minimum Gasteiger partial charge on any atom is -0.384 e. The van der Waals surface area contributed by atoms with Gasteiger partial charge in [-0.05, 0) is 36.9 Å². The average Bonchev–Trinajstić information content (AvgIpc) is 2.92. The zero-order valence-corrected chi connectivity index (χ0v) is 13.6. The van der Waals surface area contributed by atoms with Crippen LogP contribution in [-0.4, -0.2) is 36.1 Å². The molecule has 23 heavy (non-hydrogen) atoms. The summed E-state index contributed by atoms with van der Waals surface area (Å²) in [6, 6.07) is 4.00. The van der Waals surface area contributed by atoms with E-state index in [-0.39, 0.29) is 5.52 Å². The number of hydrogen-bond donors (Lipinski definition) is 1. The number of benzene rings is 1. The van der Waals surface area contributed by atoms with Gasteiger partial charge in [-0.2, -0.15) is 0 Å². The first-order valence-electron chi connectivity index (χ1n) is 8.23. The van der Waals surface area contributed by atoms with E-state index in [2.05, 4.69) is 29.0 Å². The summed E-state index contributed by atoms with van der Waals surface area (Å²) in [5.74, 6) is 0.0508. The summed E-state index contributed by atoms with van der Waals surface area (Å²) in [5, 5.41) is 3.86. The van der Waals surface area contributed by atoms with Crippen molar-refractivity contribution in [1.29, 1.82) is 0 Å². The van der Waals surface area contributed by atoms with Gasteiger partial charge in [-0.25, -0.2) is 8.78 Å². The van der Waals surface area contributed by atoms with Crippen LogP contribution < -0.4 is 5.32 Å². The highest BCUT2D eigenvalue weighted by Gasteiger charge is 2.22. The molecule has 2 heterocycles. The van der Waals surface area contributed by atoms with E-state index in [0.717, 1.165) is 44.4 Å². The summed E-state index contributed by atoms with van der Waals surface area (Å²) in [6.07, 6.45) is 2.72. The molecule has 0 saturated carbocycles. The Morgan fingerprint density at radius 3 is 2.96 bits per heavy atom. The number of hydrogen-bond acceptors (Lipinski definition) is 3. The Kier molecular flexibility index (Phi) is 4.76. The van der Waals surface area contributed by atoms with Gasteiger partial charge in [0.25, 0.3) is 0 Å². The molecule has 1 saturated heterocycles. The van der Waals surface area contributed by atoms with Crippen LogP contribution in [-0.2, 0) is 0 Å². The monoisotopic (exact) mass is 319 g/mol. The van der Waals surface area contributed by atoms with Gasteiger partial charge in [0.2, 0.25) is 0 Å². The molecule has 3 nitrogen and oxygen atoms in total. The fourth-order valence-electron chi connectivity index (χ4n) is 3.35. The Labute approximate surface area is 135 Å². The maximum atomic E-state index is 13.8. The molecule has 5 heteroatoms. The molecule has 0 amide bonds. The third-order valence-electron chi connectivity index (χ3n) is 4.34. The summed E-state index contributed by atoms with van der Waals surface area (Å²) in [7, 11) is 0. The molecule has 0 bridgehead atoms. The van der Waals surface area contributed by atoms with Crippen LogP contribution in [0.5, 0.6) is 0 Å².